The number of carbonyl (C=O) groups excluding carboxylic acids is 3. The van der Waals surface area contributed by atoms with Gasteiger partial charge in [0.1, 0.15) is 6.04 Å². The van der Waals surface area contributed by atoms with Gasteiger partial charge in [0.25, 0.3) is 5.91 Å². The number of fused-ring (bicyclic) bond motifs is 1. The number of rotatable bonds is 8. The second-order valence-electron chi connectivity index (χ2n) is 9.31. The smallest absolute Gasteiger partial charge is 0.253 e. The lowest BCUT2D eigenvalue weighted by Crippen LogP contribution is -2.61. The van der Waals surface area contributed by atoms with Crippen LogP contribution in [0.15, 0.2) is 24.3 Å². The van der Waals surface area contributed by atoms with E-state index >= 15 is 0 Å². The van der Waals surface area contributed by atoms with Crippen molar-refractivity contribution >= 4 is 35.8 Å². The van der Waals surface area contributed by atoms with E-state index in [0.717, 1.165) is 82.6 Å². The van der Waals surface area contributed by atoms with Crippen LogP contribution in [0.1, 0.15) is 49.4 Å². The third kappa shape index (κ3) is 6.86. The number of halogens is 1. The third-order valence-corrected chi connectivity index (χ3v) is 7.05. The van der Waals surface area contributed by atoms with Crippen LogP contribution in [0.25, 0.3) is 0 Å². The van der Waals surface area contributed by atoms with Crippen LogP contribution in [0.2, 0.25) is 0 Å². The Balaban J connectivity index is 0.00000216. The van der Waals surface area contributed by atoms with Crippen LogP contribution in [0.5, 0.6) is 0 Å². The summed E-state index contributed by atoms with van der Waals surface area (Å²) in [6, 6.07) is 7.61. The minimum Gasteiger partial charge on any atom is -0.412 e. The molecular weight excluding hydrogens is 470 g/mol. The topological polar surface area (TPSA) is 108 Å². The molecule has 4 rings (SSSR count). The van der Waals surface area contributed by atoms with Crippen LogP contribution in [0.4, 0.5) is 5.69 Å². The van der Waals surface area contributed by atoms with Gasteiger partial charge in [-0.2, -0.15) is 0 Å². The van der Waals surface area contributed by atoms with Crippen molar-refractivity contribution in [1.29, 1.82) is 0 Å². The Hall–Kier alpha value is -2.36. The molecule has 0 saturated carbocycles. The van der Waals surface area contributed by atoms with E-state index in [0.29, 0.717) is 13.1 Å². The van der Waals surface area contributed by atoms with Gasteiger partial charge in [-0.05, 0) is 50.8 Å². The molecule has 196 valence electrons. The normalized spacial score (nSPS) is 20.6. The molecule has 1 unspecified atom stereocenters. The molecule has 35 heavy (non-hydrogen) atoms. The lowest BCUT2D eigenvalue weighted by atomic mass is 9.98. The zero-order valence-corrected chi connectivity index (χ0v) is 21.5. The van der Waals surface area contributed by atoms with Gasteiger partial charge in [0.05, 0.1) is 12.1 Å². The van der Waals surface area contributed by atoms with Crippen LogP contribution in [0, 0.1) is 0 Å². The van der Waals surface area contributed by atoms with E-state index in [4.69, 9.17) is 0 Å². The molecule has 1 aromatic rings. The molecule has 0 aliphatic carbocycles. The summed E-state index contributed by atoms with van der Waals surface area (Å²) in [4.78, 5) is 46.1. The highest BCUT2D eigenvalue weighted by atomic mass is 35.5. The molecule has 3 amide bonds. The highest BCUT2D eigenvalue weighted by Crippen LogP contribution is 2.24. The van der Waals surface area contributed by atoms with Gasteiger partial charge < -0.3 is 25.5 Å². The number of carbonyl (C=O) groups is 3. The van der Waals surface area contributed by atoms with Crippen molar-refractivity contribution in [1.82, 2.24) is 20.0 Å². The summed E-state index contributed by atoms with van der Waals surface area (Å²) >= 11 is 0. The standard InChI is InChI=1S/C25H37N5O3.ClH.H2O/c1-2-11-26-24(32)20-8-3-4-9-21(20)28-17-15-27(16-18-28)12-7-13-29-19-23(31)30-14-6-5-10-22(30)25(29)33;;/h3-4,8-9,22H,2,5-7,10-19H2,1H3,(H,26,32);1H;1H2. The molecule has 3 saturated heterocycles. The average Bonchev–Trinajstić information content (AvgIpc) is 2.86. The minimum atomic E-state index is -0.224. The number of anilines is 1. The molecule has 0 radical (unpaired) electrons. The molecule has 3 fully saturated rings. The largest absolute Gasteiger partial charge is 0.412 e. The molecule has 1 aromatic carbocycles. The second kappa shape index (κ2) is 13.7. The predicted molar refractivity (Wildman–Crippen MR) is 139 cm³/mol. The van der Waals surface area contributed by atoms with Crippen molar-refractivity contribution < 1.29 is 19.9 Å². The number of nitrogens with one attached hydrogen (secondary N) is 1. The SMILES string of the molecule is CCCNC(=O)c1ccccc1N1CCN(CCCN2CC(=O)N3CCCCC3C2=O)CC1.Cl.O. The average molecular weight is 510 g/mol. The van der Waals surface area contributed by atoms with Crippen molar-refractivity contribution in [3.8, 4) is 0 Å². The fourth-order valence-electron chi connectivity index (χ4n) is 5.19. The van der Waals surface area contributed by atoms with Crippen molar-refractivity contribution in [2.75, 3.05) is 63.8 Å². The highest BCUT2D eigenvalue weighted by Gasteiger charge is 2.40. The number of nitrogens with zero attached hydrogens (tertiary/aromatic N) is 4. The Morgan fingerprint density at radius 2 is 1.77 bits per heavy atom. The molecule has 0 aromatic heterocycles. The quantitative estimate of drug-likeness (QED) is 0.565. The molecule has 3 N–H and O–H groups in total. The molecule has 9 nitrogen and oxygen atoms in total. The number of piperazine rings is 2. The first-order valence-corrected chi connectivity index (χ1v) is 12.5. The summed E-state index contributed by atoms with van der Waals surface area (Å²) in [5.74, 6) is 0.235. The van der Waals surface area contributed by atoms with Crippen molar-refractivity contribution in [2.45, 2.75) is 45.1 Å². The maximum absolute atomic E-state index is 12.8. The van der Waals surface area contributed by atoms with Crippen LogP contribution in [-0.4, -0.2) is 103 Å². The van der Waals surface area contributed by atoms with Crippen LogP contribution < -0.4 is 10.2 Å². The number of piperidine rings is 1. The van der Waals surface area contributed by atoms with Gasteiger partial charge in [0.15, 0.2) is 0 Å². The Morgan fingerprint density at radius 3 is 2.51 bits per heavy atom. The molecule has 1 atom stereocenters. The van der Waals surface area contributed by atoms with Crippen LogP contribution >= 0.6 is 12.4 Å². The van der Waals surface area contributed by atoms with Gasteiger partial charge in [-0.1, -0.05) is 19.1 Å². The van der Waals surface area contributed by atoms with E-state index < -0.39 is 0 Å². The number of hydrogen-bond acceptors (Lipinski definition) is 5. The van der Waals surface area contributed by atoms with Crippen LogP contribution in [0.3, 0.4) is 0 Å². The minimum absolute atomic E-state index is 0. The monoisotopic (exact) mass is 509 g/mol. The van der Waals surface area contributed by atoms with E-state index in [-0.39, 0.29) is 48.2 Å². The van der Waals surface area contributed by atoms with Crippen molar-refractivity contribution in [2.24, 2.45) is 0 Å². The summed E-state index contributed by atoms with van der Waals surface area (Å²) < 4.78 is 0. The summed E-state index contributed by atoms with van der Waals surface area (Å²) in [5, 5.41) is 2.98. The maximum atomic E-state index is 12.8. The Kier molecular flexibility index (Phi) is 11.3. The van der Waals surface area contributed by atoms with E-state index in [9.17, 15) is 14.4 Å². The van der Waals surface area contributed by atoms with E-state index in [2.05, 4.69) is 22.0 Å². The highest BCUT2D eigenvalue weighted by molar-refractivity contribution is 5.99. The van der Waals surface area contributed by atoms with E-state index in [1.54, 1.807) is 9.80 Å². The third-order valence-electron chi connectivity index (χ3n) is 7.05. The Bertz CT molecular complexity index is 862. The summed E-state index contributed by atoms with van der Waals surface area (Å²) in [5.41, 5.74) is 1.74. The lowest BCUT2D eigenvalue weighted by Gasteiger charge is -2.43. The van der Waals surface area contributed by atoms with Gasteiger partial charge in [-0.15, -0.1) is 12.4 Å². The van der Waals surface area contributed by atoms with Crippen molar-refractivity contribution in [3.05, 3.63) is 29.8 Å². The van der Waals surface area contributed by atoms with Gasteiger partial charge >= 0.3 is 0 Å². The number of para-hydroxylation sites is 1. The van der Waals surface area contributed by atoms with Crippen molar-refractivity contribution in [3.63, 3.8) is 0 Å². The molecule has 10 heteroatoms. The fourth-order valence-corrected chi connectivity index (χ4v) is 5.19. The molecule has 0 bridgehead atoms. The summed E-state index contributed by atoms with van der Waals surface area (Å²) in [6.45, 7) is 8.86. The van der Waals surface area contributed by atoms with Gasteiger partial charge in [-0.3, -0.25) is 19.3 Å². The Morgan fingerprint density at radius 1 is 1.03 bits per heavy atom. The van der Waals surface area contributed by atoms with Gasteiger partial charge in [0, 0.05) is 51.5 Å². The number of hydrogen-bond donors (Lipinski definition) is 1. The molecular formula is C25H40ClN5O4. The lowest BCUT2D eigenvalue weighted by molar-refractivity contribution is -0.157. The van der Waals surface area contributed by atoms with Crippen LogP contribution in [-0.2, 0) is 9.59 Å². The molecule has 3 aliphatic rings. The summed E-state index contributed by atoms with van der Waals surface area (Å²) in [6.07, 6.45) is 4.64. The number of benzene rings is 1. The fraction of sp³-hybridized carbons (Fsp3) is 0.640. The second-order valence-corrected chi connectivity index (χ2v) is 9.31. The molecule has 3 heterocycles. The van der Waals surface area contributed by atoms with Gasteiger partial charge in [-0.25, -0.2) is 0 Å². The number of amides is 3. The first-order valence-electron chi connectivity index (χ1n) is 12.5. The van der Waals surface area contributed by atoms with E-state index in [1.165, 1.54) is 0 Å². The first kappa shape index (κ1) is 28.9. The van der Waals surface area contributed by atoms with Gasteiger partial charge in [0.2, 0.25) is 11.8 Å². The van der Waals surface area contributed by atoms with E-state index in [1.807, 2.05) is 24.3 Å². The first-order chi connectivity index (χ1) is 16.1. The molecule has 3 aliphatic heterocycles. The predicted octanol–water partition coefficient (Wildman–Crippen LogP) is 1.16. The zero-order valence-electron chi connectivity index (χ0n) is 20.7. The molecule has 0 spiro atoms. The summed E-state index contributed by atoms with van der Waals surface area (Å²) in [7, 11) is 0. The Labute approximate surface area is 214 Å². The maximum Gasteiger partial charge on any atom is 0.253 e. The zero-order chi connectivity index (χ0) is 23.2.